The Bertz CT molecular complexity index is 1610. The lowest BCUT2D eigenvalue weighted by atomic mass is 10.1. The van der Waals surface area contributed by atoms with Crippen molar-refractivity contribution in [3.05, 3.63) is 118 Å². The first-order valence-electron chi connectivity index (χ1n) is 12.8. The molecule has 14 heteroatoms. The second-order valence-corrected chi connectivity index (χ2v) is 10.1. The predicted octanol–water partition coefficient (Wildman–Crippen LogP) is 5.05. The van der Waals surface area contributed by atoms with Gasteiger partial charge in [0.1, 0.15) is 0 Å². The van der Waals surface area contributed by atoms with Crippen LogP contribution in [0.25, 0.3) is 10.4 Å². The van der Waals surface area contributed by atoms with Crippen LogP contribution in [0.4, 0.5) is 13.2 Å². The Labute approximate surface area is 259 Å². The largest absolute Gasteiger partial charge is 0.490 e. The minimum absolute atomic E-state index is 0.133. The molecule has 4 rings (SSSR count). The zero-order valence-electron chi connectivity index (χ0n) is 23.6. The number of benzene rings is 3. The first kappa shape index (κ1) is 35.9. The molecule has 0 bridgehead atoms. The molecular weight excluding hydrogens is 615 g/mol. The lowest BCUT2D eigenvalue weighted by Crippen LogP contribution is -2.33. The summed E-state index contributed by atoms with van der Waals surface area (Å²) >= 11 is 1.30. The molecule has 1 heterocycles. The van der Waals surface area contributed by atoms with Crippen LogP contribution in [-0.2, 0) is 16.1 Å². The molecular formula is C31H28F3N3O7S. The number of carboxylic acid groups (broad SMARTS) is 2. The lowest BCUT2D eigenvalue weighted by Gasteiger charge is -2.15. The van der Waals surface area contributed by atoms with Crippen molar-refractivity contribution in [3.8, 4) is 10.4 Å². The van der Waals surface area contributed by atoms with Crippen LogP contribution in [0, 0.1) is 0 Å². The number of halogens is 3. The molecule has 0 unspecified atom stereocenters. The van der Waals surface area contributed by atoms with Crippen molar-refractivity contribution in [1.29, 1.82) is 0 Å². The Hall–Kier alpha value is -5.34. The van der Waals surface area contributed by atoms with Gasteiger partial charge in [0.2, 0.25) is 5.91 Å². The van der Waals surface area contributed by atoms with E-state index in [1.807, 2.05) is 36.4 Å². The fourth-order valence-corrected chi connectivity index (χ4v) is 4.63. The van der Waals surface area contributed by atoms with Crippen LogP contribution in [0.5, 0.6) is 0 Å². The molecule has 1 aromatic heterocycles. The van der Waals surface area contributed by atoms with Crippen LogP contribution in [-0.4, -0.2) is 45.9 Å². The molecule has 2 amide bonds. The summed E-state index contributed by atoms with van der Waals surface area (Å²) in [5.74, 6) is -5.00. The number of nitrogens with two attached hydrogens (primary N) is 2. The number of thiophene rings is 1. The van der Waals surface area contributed by atoms with Crippen LogP contribution in [0.2, 0.25) is 0 Å². The molecule has 3 aromatic carbocycles. The molecule has 0 radical (unpaired) electrons. The maximum Gasteiger partial charge on any atom is 0.490 e. The van der Waals surface area contributed by atoms with E-state index in [1.54, 1.807) is 54.6 Å². The number of amides is 2. The van der Waals surface area contributed by atoms with Gasteiger partial charge in [-0.3, -0.25) is 14.4 Å². The van der Waals surface area contributed by atoms with Crippen molar-refractivity contribution >= 4 is 40.9 Å². The maximum absolute atomic E-state index is 12.2. The highest BCUT2D eigenvalue weighted by atomic mass is 32.1. The predicted molar refractivity (Wildman–Crippen MR) is 161 cm³/mol. The van der Waals surface area contributed by atoms with Gasteiger partial charge in [0, 0.05) is 17.0 Å². The highest BCUT2D eigenvalue weighted by Crippen LogP contribution is 2.31. The van der Waals surface area contributed by atoms with Gasteiger partial charge in [0.15, 0.2) is 11.8 Å². The Morgan fingerprint density at radius 1 is 0.867 bits per heavy atom. The number of nitrogens with one attached hydrogen (secondary N) is 1. The number of Topliss-reactive ketones (excluding diaryl/α,β-unsaturated/α-hetero) is 1. The summed E-state index contributed by atoms with van der Waals surface area (Å²) in [6, 6.07) is 25.6. The molecule has 0 fully saturated rings. The van der Waals surface area contributed by atoms with E-state index in [0.29, 0.717) is 28.1 Å². The summed E-state index contributed by atoms with van der Waals surface area (Å²) in [4.78, 5) is 56.4. The average Bonchev–Trinajstić information content (AvgIpc) is 3.47. The number of rotatable bonds is 8. The van der Waals surface area contributed by atoms with Gasteiger partial charge in [-0.25, -0.2) is 9.59 Å². The summed E-state index contributed by atoms with van der Waals surface area (Å²) in [5, 5.41) is 18.9. The summed E-state index contributed by atoms with van der Waals surface area (Å²) in [6.45, 7) is 1.76. The van der Waals surface area contributed by atoms with Gasteiger partial charge in [-0.1, -0.05) is 72.8 Å². The van der Waals surface area contributed by atoms with Crippen molar-refractivity contribution in [2.24, 2.45) is 11.5 Å². The van der Waals surface area contributed by atoms with Crippen molar-refractivity contribution in [2.45, 2.75) is 25.7 Å². The smallest absolute Gasteiger partial charge is 0.479 e. The zero-order valence-corrected chi connectivity index (χ0v) is 24.4. The summed E-state index contributed by atoms with van der Waals surface area (Å²) in [7, 11) is 0. The minimum Gasteiger partial charge on any atom is -0.479 e. The number of hydrogen-bond donors (Lipinski definition) is 5. The van der Waals surface area contributed by atoms with Crippen molar-refractivity contribution in [3.63, 3.8) is 0 Å². The number of carboxylic acids is 2. The van der Waals surface area contributed by atoms with Crippen LogP contribution in [0.1, 0.15) is 54.5 Å². The normalized spacial score (nSPS) is 11.0. The van der Waals surface area contributed by atoms with E-state index in [4.69, 9.17) is 21.4 Å². The lowest BCUT2D eigenvalue weighted by molar-refractivity contribution is -0.192. The number of ketones is 1. The van der Waals surface area contributed by atoms with E-state index in [1.165, 1.54) is 18.3 Å². The summed E-state index contributed by atoms with van der Waals surface area (Å²) in [6.07, 6.45) is -5.08. The van der Waals surface area contributed by atoms with Crippen molar-refractivity contribution in [2.75, 3.05) is 0 Å². The Morgan fingerprint density at radius 2 is 1.42 bits per heavy atom. The standard InChI is InChI=1S/C16H16N2O3.C13H11NO2S.C2HF3O2/c17-10-11-5-4-8-13(9-11)15(19)18-14(16(20)21)12-6-2-1-3-7-12;1-8(15)12-10(13(14)16)7-11(17-12)9-5-3-2-4-6-9;3-2(4,5)1(6)7/h1-9,14H,10,17H2,(H,18,19)(H,20,21);2-7H,1H3,(H2,14,16);(H,6,7)/t14-;;/m1../s1. The topological polar surface area (TPSA) is 190 Å². The SMILES string of the molecule is CC(=O)c1sc(-c2ccccc2)cc1C(N)=O.NCc1cccc(C(=O)N[C@@H](C(=O)O)c2ccccc2)c1.O=C(O)C(F)(F)F. The fraction of sp³-hybridized carbons (Fsp3) is 0.129. The monoisotopic (exact) mass is 643 g/mol. The molecule has 236 valence electrons. The third-order valence-corrected chi connectivity index (χ3v) is 6.98. The molecule has 0 saturated heterocycles. The highest BCUT2D eigenvalue weighted by Gasteiger charge is 2.38. The van der Waals surface area contributed by atoms with Crippen LogP contribution < -0.4 is 16.8 Å². The molecule has 1 atom stereocenters. The van der Waals surface area contributed by atoms with Crippen molar-refractivity contribution in [1.82, 2.24) is 5.32 Å². The Kier molecular flexibility index (Phi) is 13.1. The zero-order chi connectivity index (χ0) is 33.7. The summed E-state index contributed by atoms with van der Waals surface area (Å²) < 4.78 is 31.7. The number of carbonyl (C=O) groups excluding carboxylic acids is 3. The van der Waals surface area contributed by atoms with Crippen LogP contribution >= 0.6 is 11.3 Å². The van der Waals surface area contributed by atoms with E-state index in [0.717, 1.165) is 16.0 Å². The summed E-state index contributed by atoms with van der Waals surface area (Å²) in [5.41, 5.74) is 13.8. The number of alkyl halides is 3. The second kappa shape index (κ2) is 16.5. The highest BCUT2D eigenvalue weighted by molar-refractivity contribution is 7.17. The van der Waals surface area contributed by atoms with E-state index in [2.05, 4.69) is 5.32 Å². The molecule has 0 aliphatic rings. The number of carbonyl (C=O) groups is 5. The molecule has 0 saturated carbocycles. The van der Waals surface area contributed by atoms with Gasteiger partial charge in [0.25, 0.3) is 5.91 Å². The Morgan fingerprint density at radius 3 is 1.87 bits per heavy atom. The van der Waals surface area contributed by atoms with E-state index < -0.39 is 36.0 Å². The van der Waals surface area contributed by atoms with Gasteiger partial charge >= 0.3 is 18.1 Å². The Balaban J connectivity index is 0.000000263. The second-order valence-electron chi connectivity index (χ2n) is 9.00. The molecule has 10 nitrogen and oxygen atoms in total. The van der Waals surface area contributed by atoms with Crippen LogP contribution in [0.15, 0.2) is 91.0 Å². The molecule has 4 aromatic rings. The number of hydrogen-bond acceptors (Lipinski definition) is 7. The molecule has 0 aliphatic heterocycles. The minimum atomic E-state index is -5.08. The maximum atomic E-state index is 12.2. The van der Waals surface area contributed by atoms with Gasteiger partial charge in [-0.15, -0.1) is 11.3 Å². The van der Waals surface area contributed by atoms with Crippen LogP contribution in [0.3, 0.4) is 0 Å². The van der Waals surface area contributed by atoms with Gasteiger partial charge in [-0.2, -0.15) is 13.2 Å². The average molecular weight is 644 g/mol. The van der Waals surface area contributed by atoms with E-state index in [9.17, 15) is 37.5 Å². The van der Waals surface area contributed by atoms with Gasteiger partial charge in [0.05, 0.1) is 10.4 Å². The molecule has 0 spiro atoms. The van der Waals surface area contributed by atoms with Gasteiger partial charge in [-0.05, 0) is 41.8 Å². The van der Waals surface area contributed by atoms with E-state index >= 15 is 0 Å². The molecule has 7 N–H and O–H groups in total. The molecule has 45 heavy (non-hydrogen) atoms. The fourth-order valence-electron chi connectivity index (χ4n) is 3.57. The number of aliphatic carboxylic acids is 2. The quantitative estimate of drug-likeness (QED) is 0.165. The van der Waals surface area contributed by atoms with Crippen molar-refractivity contribution < 1.29 is 47.4 Å². The first-order chi connectivity index (χ1) is 21.1. The van der Waals surface area contributed by atoms with E-state index in [-0.39, 0.29) is 5.78 Å². The number of primary amides is 1. The first-order valence-corrected chi connectivity index (χ1v) is 13.6. The van der Waals surface area contributed by atoms with Gasteiger partial charge < -0.3 is 27.0 Å². The third-order valence-electron chi connectivity index (χ3n) is 5.70. The molecule has 0 aliphatic carbocycles. The third kappa shape index (κ3) is 11.0.